The number of piperidine rings is 1. The summed E-state index contributed by atoms with van der Waals surface area (Å²) in [6.07, 6.45) is 2.64. The van der Waals surface area contributed by atoms with Gasteiger partial charge in [-0.2, -0.15) is 0 Å². The van der Waals surface area contributed by atoms with E-state index in [2.05, 4.69) is 10.3 Å². The summed E-state index contributed by atoms with van der Waals surface area (Å²) >= 11 is 0. The summed E-state index contributed by atoms with van der Waals surface area (Å²) in [5, 5.41) is 8.15. The van der Waals surface area contributed by atoms with Crippen LogP contribution in [0.25, 0.3) is 0 Å². The molecule has 0 N–H and O–H groups in total. The minimum absolute atomic E-state index is 0.0381. The third kappa shape index (κ3) is 2.70. The Morgan fingerprint density at radius 2 is 2.38 bits per heavy atom. The number of benzene rings is 1. The van der Waals surface area contributed by atoms with Crippen LogP contribution in [0.15, 0.2) is 30.5 Å². The van der Waals surface area contributed by atoms with Crippen LogP contribution in [0.5, 0.6) is 0 Å². The van der Waals surface area contributed by atoms with E-state index in [1.165, 1.54) is 0 Å². The van der Waals surface area contributed by atoms with E-state index in [9.17, 15) is 4.79 Å². The van der Waals surface area contributed by atoms with Gasteiger partial charge in [0.1, 0.15) is 0 Å². The van der Waals surface area contributed by atoms with E-state index in [0.717, 1.165) is 17.7 Å². The van der Waals surface area contributed by atoms with Gasteiger partial charge in [0.2, 0.25) is 0 Å². The van der Waals surface area contributed by atoms with Gasteiger partial charge in [0.25, 0.3) is 5.91 Å². The number of amides is 1. The van der Waals surface area contributed by atoms with Crippen molar-refractivity contribution in [1.82, 2.24) is 19.9 Å². The standard InChI is InChI=1S/C17H20N4O3/c1-23-10-12-3-2-4-13(7-12)17(22)20-6-5-16-15(9-20)21-14(11-24-16)8-18-19-21/h2-4,7-8,15-16H,5-6,9-11H2,1H3/t15-,16-/m1/s1. The van der Waals surface area contributed by atoms with Crippen molar-refractivity contribution < 1.29 is 14.3 Å². The first kappa shape index (κ1) is 15.3. The van der Waals surface area contributed by atoms with Crippen LogP contribution in [0.2, 0.25) is 0 Å². The maximum Gasteiger partial charge on any atom is 0.253 e. The van der Waals surface area contributed by atoms with Crippen LogP contribution in [0.3, 0.4) is 0 Å². The largest absolute Gasteiger partial charge is 0.380 e. The molecule has 1 saturated heterocycles. The Morgan fingerprint density at radius 1 is 1.46 bits per heavy atom. The Hall–Kier alpha value is -2.25. The third-order valence-corrected chi connectivity index (χ3v) is 4.70. The Bertz CT molecular complexity index is 745. The second-order valence-electron chi connectivity index (χ2n) is 6.26. The molecule has 24 heavy (non-hydrogen) atoms. The van der Waals surface area contributed by atoms with Crippen LogP contribution in [0, 0.1) is 0 Å². The molecule has 2 atom stereocenters. The number of rotatable bonds is 3. The number of aromatic nitrogens is 3. The van der Waals surface area contributed by atoms with Gasteiger partial charge >= 0.3 is 0 Å². The summed E-state index contributed by atoms with van der Waals surface area (Å²) < 4.78 is 13.0. The molecule has 0 saturated carbocycles. The fraction of sp³-hybridized carbons (Fsp3) is 0.471. The predicted molar refractivity (Wildman–Crippen MR) is 85.3 cm³/mol. The Balaban J connectivity index is 1.54. The van der Waals surface area contributed by atoms with Gasteiger partial charge in [-0.25, -0.2) is 4.68 Å². The average molecular weight is 328 g/mol. The predicted octanol–water partition coefficient (Wildman–Crippen LogP) is 1.41. The van der Waals surface area contributed by atoms with Gasteiger partial charge in [0, 0.05) is 25.8 Å². The lowest BCUT2D eigenvalue weighted by Gasteiger charge is -2.41. The first-order chi connectivity index (χ1) is 11.8. The van der Waals surface area contributed by atoms with Crippen molar-refractivity contribution in [3.63, 3.8) is 0 Å². The van der Waals surface area contributed by atoms with E-state index < -0.39 is 0 Å². The second-order valence-corrected chi connectivity index (χ2v) is 6.26. The van der Waals surface area contributed by atoms with E-state index in [-0.39, 0.29) is 18.1 Å². The van der Waals surface area contributed by atoms with E-state index >= 15 is 0 Å². The highest BCUT2D eigenvalue weighted by Crippen LogP contribution is 2.30. The molecule has 4 rings (SSSR count). The van der Waals surface area contributed by atoms with Crippen molar-refractivity contribution in [2.45, 2.75) is 31.8 Å². The van der Waals surface area contributed by atoms with Crippen molar-refractivity contribution in [3.8, 4) is 0 Å². The van der Waals surface area contributed by atoms with E-state index in [1.807, 2.05) is 33.8 Å². The van der Waals surface area contributed by atoms with Crippen LogP contribution in [0.1, 0.15) is 34.1 Å². The topological polar surface area (TPSA) is 69.5 Å². The summed E-state index contributed by atoms with van der Waals surface area (Å²) in [4.78, 5) is 14.8. The molecule has 0 unspecified atom stereocenters. The molecular formula is C17H20N4O3. The summed E-state index contributed by atoms with van der Waals surface area (Å²) in [7, 11) is 1.65. The lowest BCUT2D eigenvalue weighted by molar-refractivity contribution is -0.0605. The van der Waals surface area contributed by atoms with Crippen molar-refractivity contribution >= 4 is 5.91 Å². The van der Waals surface area contributed by atoms with Gasteiger partial charge in [-0.05, 0) is 24.1 Å². The Morgan fingerprint density at radius 3 is 3.25 bits per heavy atom. The molecule has 0 aliphatic carbocycles. The molecule has 1 amide bonds. The highest BCUT2D eigenvalue weighted by Gasteiger charge is 2.38. The molecule has 7 heteroatoms. The molecular weight excluding hydrogens is 308 g/mol. The molecule has 2 aromatic rings. The van der Waals surface area contributed by atoms with Crippen LogP contribution < -0.4 is 0 Å². The normalized spacial score (nSPS) is 22.8. The number of fused-ring (bicyclic) bond motifs is 3. The van der Waals surface area contributed by atoms with E-state index in [1.54, 1.807) is 13.3 Å². The summed E-state index contributed by atoms with van der Waals surface area (Å²) in [6, 6.07) is 7.65. The number of ether oxygens (including phenoxy) is 2. The second kappa shape index (κ2) is 6.33. The van der Waals surface area contributed by atoms with Crippen LogP contribution >= 0.6 is 0 Å². The number of hydrogen-bond donors (Lipinski definition) is 0. The zero-order valence-electron chi connectivity index (χ0n) is 13.6. The number of carbonyl (C=O) groups excluding carboxylic acids is 1. The quantitative estimate of drug-likeness (QED) is 0.852. The van der Waals surface area contributed by atoms with Gasteiger partial charge in [-0.15, -0.1) is 5.10 Å². The van der Waals surface area contributed by atoms with Crippen molar-refractivity contribution in [2.75, 3.05) is 20.2 Å². The molecule has 1 aromatic carbocycles. The summed E-state index contributed by atoms with van der Waals surface area (Å²) in [5.41, 5.74) is 2.66. The van der Waals surface area contributed by atoms with E-state index in [0.29, 0.717) is 31.9 Å². The molecule has 2 aliphatic heterocycles. The molecule has 7 nitrogen and oxygen atoms in total. The van der Waals surface area contributed by atoms with Crippen LogP contribution in [0.4, 0.5) is 0 Å². The fourth-order valence-electron chi connectivity index (χ4n) is 3.51. The number of methoxy groups -OCH3 is 1. The van der Waals surface area contributed by atoms with Crippen molar-refractivity contribution in [3.05, 3.63) is 47.3 Å². The maximum atomic E-state index is 12.9. The SMILES string of the molecule is COCc1cccc(C(=O)N2CC[C@H]3OCc4cnnn4[C@@H]3C2)c1. The monoisotopic (exact) mass is 328 g/mol. The van der Waals surface area contributed by atoms with Crippen LogP contribution in [-0.2, 0) is 22.7 Å². The lowest BCUT2D eigenvalue weighted by atomic mass is 9.99. The molecule has 2 aliphatic rings. The van der Waals surface area contributed by atoms with Crippen molar-refractivity contribution in [1.29, 1.82) is 0 Å². The van der Waals surface area contributed by atoms with Gasteiger partial charge in [-0.1, -0.05) is 17.3 Å². The van der Waals surface area contributed by atoms with E-state index in [4.69, 9.17) is 9.47 Å². The zero-order chi connectivity index (χ0) is 16.5. The molecule has 1 fully saturated rings. The molecule has 0 spiro atoms. The number of hydrogen-bond acceptors (Lipinski definition) is 5. The smallest absolute Gasteiger partial charge is 0.253 e. The number of carbonyl (C=O) groups is 1. The van der Waals surface area contributed by atoms with Crippen LogP contribution in [-0.4, -0.2) is 52.1 Å². The summed E-state index contributed by atoms with van der Waals surface area (Å²) in [5.74, 6) is 0.0404. The average Bonchev–Trinajstić information content (AvgIpc) is 3.10. The first-order valence-electron chi connectivity index (χ1n) is 8.14. The van der Waals surface area contributed by atoms with Gasteiger partial charge < -0.3 is 14.4 Å². The highest BCUT2D eigenvalue weighted by atomic mass is 16.5. The molecule has 3 heterocycles. The van der Waals surface area contributed by atoms with Gasteiger partial charge in [0.15, 0.2) is 0 Å². The Labute approximate surface area is 140 Å². The maximum absolute atomic E-state index is 12.9. The van der Waals surface area contributed by atoms with Crippen molar-refractivity contribution in [2.24, 2.45) is 0 Å². The zero-order valence-corrected chi connectivity index (χ0v) is 13.6. The molecule has 0 bridgehead atoms. The highest BCUT2D eigenvalue weighted by molar-refractivity contribution is 5.94. The lowest BCUT2D eigenvalue weighted by Crippen LogP contribution is -2.49. The van der Waals surface area contributed by atoms with Gasteiger partial charge in [0.05, 0.1) is 37.3 Å². The minimum atomic E-state index is 0.0381. The fourth-order valence-corrected chi connectivity index (χ4v) is 3.51. The summed E-state index contributed by atoms with van der Waals surface area (Å²) in [6.45, 7) is 2.33. The Kier molecular flexibility index (Phi) is 4.03. The minimum Gasteiger partial charge on any atom is -0.380 e. The third-order valence-electron chi connectivity index (χ3n) is 4.70. The number of nitrogens with zero attached hydrogens (tertiary/aromatic N) is 4. The first-order valence-corrected chi connectivity index (χ1v) is 8.14. The molecule has 0 radical (unpaired) electrons. The number of likely N-dealkylation sites (tertiary alicyclic amines) is 1. The molecule has 126 valence electrons. The van der Waals surface area contributed by atoms with Gasteiger partial charge in [-0.3, -0.25) is 4.79 Å². The molecule has 1 aromatic heterocycles.